The van der Waals surface area contributed by atoms with Crippen molar-refractivity contribution in [1.82, 2.24) is 0 Å². The van der Waals surface area contributed by atoms with Gasteiger partial charge in [-0.05, 0) is 79.4 Å². The van der Waals surface area contributed by atoms with Gasteiger partial charge in [0.2, 0.25) is 0 Å². The van der Waals surface area contributed by atoms with Gasteiger partial charge in [-0.15, -0.1) is 0 Å². The molecule has 0 radical (unpaired) electrons. The van der Waals surface area contributed by atoms with Crippen molar-refractivity contribution in [3.63, 3.8) is 0 Å². The molecule has 4 rings (SSSR count). The summed E-state index contributed by atoms with van der Waals surface area (Å²) >= 11 is 0. The maximum absolute atomic E-state index is 12.9. The third-order valence-electron chi connectivity index (χ3n) is 5.39. The largest absolute Gasteiger partial charge is 0.496 e. The molecule has 160 valence electrons. The van der Waals surface area contributed by atoms with Crippen LogP contribution >= 0.6 is 0 Å². The van der Waals surface area contributed by atoms with Crippen LogP contribution in [0.4, 0.5) is 11.4 Å². The maximum Gasteiger partial charge on any atom is 0.261 e. The number of sulfonamides is 1. The fraction of sp³-hybridized carbons (Fsp3) is 0.208. The first-order valence-electron chi connectivity index (χ1n) is 10.1. The Kier molecular flexibility index (Phi) is 5.69. The summed E-state index contributed by atoms with van der Waals surface area (Å²) in [5, 5.41) is 0. The summed E-state index contributed by atoms with van der Waals surface area (Å²) in [6.45, 7) is 2.44. The Bertz CT molecular complexity index is 1220. The standard InChI is InChI=1S/C24H24N2O4S/c1-17-15-21(11-13-23(17)30-2)31(28,29)25-20-10-12-22-19(16-20)9-6-14-26(22)24(27)18-7-4-3-5-8-18/h3-5,7-8,10-13,15-16,25H,6,9,14H2,1-2H3. The molecule has 0 saturated heterocycles. The van der Waals surface area contributed by atoms with Crippen molar-refractivity contribution in [2.75, 3.05) is 23.3 Å². The molecule has 3 aromatic rings. The first-order valence-corrected chi connectivity index (χ1v) is 11.5. The molecule has 0 aromatic heterocycles. The minimum absolute atomic E-state index is 0.0522. The number of rotatable bonds is 5. The Balaban J connectivity index is 1.59. The predicted molar refractivity (Wildman–Crippen MR) is 121 cm³/mol. The average Bonchev–Trinajstić information content (AvgIpc) is 2.78. The zero-order valence-electron chi connectivity index (χ0n) is 17.5. The monoisotopic (exact) mass is 436 g/mol. The molecular formula is C24H24N2O4S. The van der Waals surface area contributed by atoms with Gasteiger partial charge in [0.15, 0.2) is 0 Å². The number of fused-ring (bicyclic) bond motifs is 1. The first-order chi connectivity index (χ1) is 14.9. The fourth-order valence-corrected chi connectivity index (χ4v) is 4.97. The van der Waals surface area contributed by atoms with E-state index in [0.717, 1.165) is 29.7 Å². The highest BCUT2D eigenvalue weighted by atomic mass is 32.2. The van der Waals surface area contributed by atoms with Crippen molar-refractivity contribution in [2.45, 2.75) is 24.7 Å². The van der Waals surface area contributed by atoms with E-state index in [4.69, 9.17) is 4.74 Å². The van der Waals surface area contributed by atoms with Crippen LogP contribution in [-0.4, -0.2) is 28.0 Å². The summed E-state index contributed by atoms with van der Waals surface area (Å²) in [6.07, 6.45) is 1.60. The topological polar surface area (TPSA) is 75.7 Å². The number of methoxy groups -OCH3 is 1. The van der Waals surface area contributed by atoms with E-state index in [1.807, 2.05) is 30.3 Å². The Morgan fingerprint density at radius 1 is 1.03 bits per heavy atom. The average molecular weight is 437 g/mol. The van der Waals surface area contributed by atoms with Crippen molar-refractivity contribution in [1.29, 1.82) is 0 Å². The lowest BCUT2D eigenvalue weighted by atomic mass is 10.00. The highest BCUT2D eigenvalue weighted by molar-refractivity contribution is 7.92. The molecule has 7 heteroatoms. The number of nitrogens with one attached hydrogen (secondary N) is 1. The number of benzene rings is 3. The summed E-state index contributed by atoms with van der Waals surface area (Å²) in [4.78, 5) is 14.9. The number of aryl methyl sites for hydroxylation is 2. The second-order valence-corrected chi connectivity index (χ2v) is 9.19. The third kappa shape index (κ3) is 4.27. The van der Waals surface area contributed by atoms with E-state index in [9.17, 15) is 13.2 Å². The molecule has 0 spiro atoms. The highest BCUT2D eigenvalue weighted by Gasteiger charge is 2.24. The van der Waals surface area contributed by atoms with Crippen molar-refractivity contribution < 1.29 is 17.9 Å². The van der Waals surface area contributed by atoms with Gasteiger partial charge >= 0.3 is 0 Å². The van der Waals surface area contributed by atoms with Crippen LogP contribution in [0.2, 0.25) is 0 Å². The van der Waals surface area contributed by atoms with Gasteiger partial charge in [0.05, 0.1) is 12.0 Å². The van der Waals surface area contributed by atoms with E-state index in [1.54, 1.807) is 49.3 Å². The summed E-state index contributed by atoms with van der Waals surface area (Å²) in [5.41, 5.74) is 3.62. The molecule has 0 fully saturated rings. The highest BCUT2D eigenvalue weighted by Crippen LogP contribution is 2.32. The van der Waals surface area contributed by atoms with Gasteiger partial charge in [0.25, 0.3) is 15.9 Å². The lowest BCUT2D eigenvalue weighted by Gasteiger charge is -2.30. The zero-order chi connectivity index (χ0) is 22.0. The van der Waals surface area contributed by atoms with Crippen molar-refractivity contribution in [2.24, 2.45) is 0 Å². The quantitative estimate of drug-likeness (QED) is 0.643. The minimum atomic E-state index is -3.75. The van der Waals surface area contributed by atoms with Gasteiger partial charge in [0, 0.05) is 23.5 Å². The Morgan fingerprint density at radius 2 is 1.81 bits per heavy atom. The number of carbonyl (C=O) groups excluding carboxylic acids is 1. The number of anilines is 2. The van der Waals surface area contributed by atoms with Crippen molar-refractivity contribution in [3.8, 4) is 5.75 Å². The molecule has 0 bridgehead atoms. The second kappa shape index (κ2) is 8.43. The predicted octanol–water partition coefficient (Wildman–Crippen LogP) is 4.40. The number of nitrogens with zero attached hydrogens (tertiary/aromatic N) is 1. The van der Waals surface area contributed by atoms with E-state index in [2.05, 4.69) is 4.72 Å². The molecule has 3 aromatic carbocycles. The van der Waals surface area contributed by atoms with Gasteiger partial charge in [-0.25, -0.2) is 8.42 Å². The summed E-state index contributed by atoms with van der Waals surface area (Å²) < 4.78 is 33.6. The van der Waals surface area contributed by atoms with E-state index in [1.165, 1.54) is 6.07 Å². The zero-order valence-corrected chi connectivity index (χ0v) is 18.3. The molecule has 1 aliphatic rings. The van der Waals surface area contributed by atoms with E-state index >= 15 is 0 Å². The molecule has 0 aliphatic carbocycles. The molecule has 1 aliphatic heterocycles. The third-order valence-corrected chi connectivity index (χ3v) is 6.77. The van der Waals surface area contributed by atoms with Crippen molar-refractivity contribution in [3.05, 3.63) is 83.4 Å². The number of carbonyl (C=O) groups is 1. The molecule has 31 heavy (non-hydrogen) atoms. The van der Waals surface area contributed by atoms with E-state index in [0.29, 0.717) is 23.5 Å². The fourth-order valence-electron chi connectivity index (χ4n) is 3.84. The molecule has 0 saturated carbocycles. The van der Waals surface area contributed by atoms with Crippen molar-refractivity contribution >= 4 is 27.3 Å². The SMILES string of the molecule is COc1ccc(S(=O)(=O)Nc2ccc3c(c2)CCCN3C(=O)c2ccccc2)cc1C. The van der Waals surface area contributed by atoms with Crippen LogP contribution in [0.5, 0.6) is 5.75 Å². The number of hydrogen-bond donors (Lipinski definition) is 1. The van der Waals surface area contributed by atoms with Crippen LogP contribution in [0.1, 0.15) is 27.9 Å². The Hall–Kier alpha value is -3.32. The molecule has 0 unspecified atom stereocenters. The number of ether oxygens (including phenoxy) is 1. The van der Waals surface area contributed by atoms with Crippen LogP contribution in [0.15, 0.2) is 71.6 Å². The lowest BCUT2D eigenvalue weighted by molar-refractivity contribution is 0.0985. The molecule has 6 nitrogen and oxygen atoms in total. The summed E-state index contributed by atoms with van der Waals surface area (Å²) in [7, 11) is -2.20. The summed E-state index contributed by atoms with van der Waals surface area (Å²) in [6, 6.07) is 19.2. The van der Waals surface area contributed by atoms with Crippen LogP contribution in [0.25, 0.3) is 0 Å². The van der Waals surface area contributed by atoms with Gasteiger partial charge < -0.3 is 9.64 Å². The molecule has 0 atom stereocenters. The number of hydrogen-bond acceptors (Lipinski definition) is 4. The van der Waals surface area contributed by atoms with Gasteiger partial charge in [-0.2, -0.15) is 0 Å². The smallest absolute Gasteiger partial charge is 0.261 e. The lowest BCUT2D eigenvalue weighted by Crippen LogP contribution is -2.35. The Morgan fingerprint density at radius 3 is 2.52 bits per heavy atom. The molecular weight excluding hydrogens is 412 g/mol. The molecule has 1 amide bonds. The molecule has 1 N–H and O–H groups in total. The first kappa shape index (κ1) is 20.9. The summed E-state index contributed by atoms with van der Waals surface area (Å²) in [5.74, 6) is 0.583. The van der Waals surface area contributed by atoms with Crippen LogP contribution in [0, 0.1) is 6.92 Å². The molecule has 1 heterocycles. The van der Waals surface area contributed by atoms with E-state index in [-0.39, 0.29) is 10.8 Å². The van der Waals surface area contributed by atoms with Gasteiger partial charge in [0.1, 0.15) is 5.75 Å². The van der Waals surface area contributed by atoms with Crippen LogP contribution < -0.4 is 14.4 Å². The maximum atomic E-state index is 12.9. The van der Waals surface area contributed by atoms with Crippen LogP contribution in [-0.2, 0) is 16.4 Å². The van der Waals surface area contributed by atoms with E-state index < -0.39 is 10.0 Å². The Labute approximate surface area is 182 Å². The normalized spacial score (nSPS) is 13.4. The second-order valence-electron chi connectivity index (χ2n) is 7.51. The van der Waals surface area contributed by atoms with Gasteiger partial charge in [-0.3, -0.25) is 9.52 Å². The number of amides is 1. The minimum Gasteiger partial charge on any atom is -0.496 e. The van der Waals surface area contributed by atoms with Gasteiger partial charge in [-0.1, -0.05) is 18.2 Å². The van der Waals surface area contributed by atoms with Crippen LogP contribution in [0.3, 0.4) is 0 Å².